The van der Waals surface area contributed by atoms with Crippen LogP contribution in [0.2, 0.25) is 0 Å². The molecule has 3 saturated carbocycles. The summed E-state index contributed by atoms with van der Waals surface area (Å²) >= 11 is 0. The Labute approximate surface area is 154 Å². The molecule has 0 amide bonds. The molecule has 0 aliphatic heterocycles. The van der Waals surface area contributed by atoms with E-state index in [9.17, 15) is 19.7 Å². The van der Waals surface area contributed by atoms with E-state index in [0.29, 0.717) is 24.2 Å². The lowest BCUT2D eigenvalue weighted by molar-refractivity contribution is -0.468. The minimum atomic E-state index is -0.520. The molecule has 0 radical (unpaired) electrons. The average molecular weight is 359 g/mol. The number of nitro groups is 1. The number of hydrogen-bond donors (Lipinski definition) is 0. The number of carbonyl (C=O) groups is 2. The maximum absolute atomic E-state index is 12.5. The molecule has 0 aromatic carbocycles. The highest BCUT2D eigenvalue weighted by molar-refractivity contribution is 5.91. The number of carbonyl (C=O) groups excluding carboxylic acids is 2. The van der Waals surface area contributed by atoms with Crippen LogP contribution in [-0.2, 0) is 9.59 Å². The summed E-state index contributed by atoms with van der Waals surface area (Å²) in [7, 11) is 0. The monoisotopic (exact) mass is 359 g/mol. The molecule has 4 rings (SSSR count). The zero-order valence-corrected chi connectivity index (χ0v) is 15.8. The Morgan fingerprint density at radius 2 is 1.92 bits per heavy atom. The van der Waals surface area contributed by atoms with Gasteiger partial charge in [0, 0.05) is 17.3 Å². The van der Waals surface area contributed by atoms with Crippen molar-refractivity contribution in [3.05, 3.63) is 21.8 Å². The van der Waals surface area contributed by atoms with Gasteiger partial charge in [-0.3, -0.25) is 19.7 Å². The lowest BCUT2D eigenvalue weighted by atomic mass is 9.46. The molecule has 5 heteroatoms. The van der Waals surface area contributed by atoms with Crippen LogP contribution in [0.5, 0.6) is 0 Å². The predicted octanol–water partition coefficient (Wildman–Crippen LogP) is 3.98. The molecule has 0 aromatic rings. The van der Waals surface area contributed by atoms with Crippen LogP contribution < -0.4 is 0 Å². The molecule has 5 nitrogen and oxygen atoms in total. The molecule has 4 aliphatic rings. The van der Waals surface area contributed by atoms with Crippen LogP contribution in [0.3, 0.4) is 0 Å². The molecule has 0 heterocycles. The second-order valence-electron chi connectivity index (χ2n) is 9.60. The van der Waals surface area contributed by atoms with Gasteiger partial charge in [0.05, 0.1) is 0 Å². The van der Waals surface area contributed by atoms with Crippen LogP contribution in [0.25, 0.3) is 0 Å². The predicted molar refractivity (Wildman–Crippen MR) is 97.1 cm³/mol. The summed E-state index contributed by atoms with van der Waals surface area (Å²) in [5.74, 6) is 1.66. The highest BCUT2D eigenvalue weighted by Crippen LogP contribution is 2.66. The zero-order valence-electron chi connectivity index (χ0n) is 15.8. The maximum atomic E-state index is 12.5. The van der Waals surface area contributed by atoms with Gasteiger partial charge in [0.25, 0.3) is 6.54 Å². The summed E-state index contributed by atoms with van der Waals surface area (Å²) in [5, 5.41) is 10.8. The summed E-state index contributed by atoms with van der Waals surface area (Å²) in [6, 6.07) is 0. The van der Waals surface area contributed by atoms with Crippen LogP contribution in [0.1, 0.15) is 65.2 Å². The number of hydrogen-bond acceptors (Lipinski definition) is 4. The van der Waals surface area contributed by atoms with Gasteiger partial charge in [-0.2, -0.15) is 0 Å². The molecule has 6 atom stereocenters. The van der Waals surface area contributed by atoms with E-state index in [1.165, 1.54) is 5.57 Å². The Balaban J connectivity index is 1.60. The molecule has 0 saturated heterocycles. The zero-order chi connectivity index (χ0) is 18.7. The van der Waals surface area contributed by atoms with Crippen molar-refractivity contribution < 1.29 is 14.5 Å². The highest BCUT2D eigenvalue weighted by atomic mass is 16.6. The molecule has 26 heavy (non-hydrogen) atoms. The second kappa shape index (κ2) is 6.00. The third-order valence-corrected chi connectivity index (χ3v) is 8.64. The van der Waals surface area contributed by atoms with Gasteiger partial charge in [0.2, 0.25) is 5.78 Å². The van der Waals surface area contributed by atoms with Crippen molar-refractivity contribution in [1.82, 2.24) is 0 Å². The van der Waals surface area contributed by atoms with Gasteiger partial charge >= 0.3 is 0 Å². The molecule has 0 spiro atoms. The molecule has 142 valence electrons. The number of fused-ring (bicyclic) bond motifs is 5. The normalized spacial score (nSPS) is 44.5. The number of Topliss-reactive ketones (excluding diaryl/α,β-unsaturated/α-hetero) is 1. The lowest BCUT2D eigenvalue weighted by Crippen LogP contribution is -2.51. The topological polar surface area (TPSA) is 77.3 Å². The first-order chi connectivity index (χ1) is 12.3. The first-order valence-corrected chi connectivity index (χ1v) is 10.1. The fourth-order valence-electron chi connectivity index (χ4n) is 7.33. The average Bonchev–Trinajstić information content (AvgIpc) is 2.92. The molecule has 3 fully saturated rings. The van der Waals surface area contributed by atoms with Gasteiger partial charge < -0.3 is 0 Å². The van der Waals surface area contributed by atoms with Gasteiger partial charge in [0.15, 0.2) is 5.78 Å². The van der Waals surface area contributed by atoms with E-state index in [1.54, 1.807) is 0 Å². The Hall–Kier alpha value is -1.52. The largest absolute Gasteiger partial charge is 0.295 e. The number of ketones is 2. The molecule has 0 N–H and O–H groups in total. The molecule has 0 bridgehead atoms. The minimum absolute atomic E-state index is 0.0731. The van der Waals surface area contributed by atoms with Gasteiger partial charge in [0.1, 0.15) is 0 Å². The number of rotatable bonds is 3. The third kappa shape index (κ3) is 2.49. The van der Waals surface area contributed by atoms with E-state index in [0.717, 1.165) is 44.9 Å². The first-order valence-electron chi connectivity index (χ1n) is 10.1. The lowest BCUT2D eigenvalue weighted by Gasteiger charge is -2.58. The Morgan fingerprint density at radius 3 is 2.65 bits per heavy atom. The Morgan fingerprint density at radius 1 is 1.15 bits per heavy atom. The summed E-state index contributed by atoms with van der Waals surface area (Å²) in [6.45, 7) is 4.06. The van der Waals surface area contributed by atoms with Crippen molar-refractivity contribution in [1.29, 1.82) is 0 Å². The van der Waals surface area contributed by atoms with Crippen molar-refractivity contribution >= 4 is 11.6 Å². The maximum Gasteiger partial charge on any atom is 0.261 e. The summed E-state index contributed by atoms with van der Waals surface area (Å²) in [5.41, 5.74) is 1.43. The molecule has 0 unspecified atom stereocenters. The SMILES string of the molecule is C[C@]12CC[C@H]3[C@@H](CCC4=CC(=O)CC[C@@]43C)[C@@H]1CC[C@@H]2C(=O)C[N+](=O)[O-]. The minimum Gasteiger partial charge on any atom is -0.295 e. The summed E-state index contributed by atoms with van der Waals surface area (Å²) in [4.78, 5) is 34.8. The highest BCUT2D eigenvalue weighted by Gasteiger charge is 2.60. The fourth-order valence-corrected chi connectivity index (χ4v) is 7.33. The van der Waals surface area contributed by atoms with Crippen molar-refractivity contribution in [2.75, 3.05) is 6.54 Å². The van der Waals surface area contributed by atoms with Crippen molar-refractivity contribution in [2.45, 2.75) is 65.2 Å². The standard InChI is InChI=1S/C21H29NO4/c1-20-9-7-14(23)11-13(20)3-4-15-16-5-6-18(19(24)12-22(25)26)21(16,2)10-8-17(15)20/h11,15-18H,3-10,12H2,1-2H3/t15-,16-,17-,18+,20-,21-/m0/s1. The molecular weight excluding hydrogens is 330 g/mol. The van der Waals surface area contributed by atoms with E-state index >= 15 is 0 Å². The molecule has 0 aromatic heterocycles. The van der Waals surface area contributed by atoms with Crippen molar-refractivity contribution in [2.24, 2.45) is 34.5 Å². The van der Waals surface area contributed by atoms with Crippen molar-refractivity contribution in [3.8, 4) is 0 Å². The fraction of sp³-hybridized carbons (Fsp3) is 0.810. The van der Waals surface area contributed by atoms with E-state index in [4.69, 9.17) is 0 Å². The van der Waals surface area contributed by atoms with Crippen LogP contribution in [0.15, 0.2) is 11.6 Å². The van der Waals surface area contributed by atoms with Gasteiger partial charge in [-0.15, -0.1) is 0 Å². The Kier molecular flexibility index (Phi) is 4.12. The first kappa shape index (κ1) is 17.9. The van der Waals surface area contributed by atoms with Gasteiger partial charge in [-0.05, 0) is 79.6 Å². The van der Waals surface area contributed by atoms with Crippen LogP contribution in [-0.4, -0.2) is 23.0 Å². The smallest absolute Gasteiger partial charge is 0.261 e. The van der Waals surface area contributed by atoms with Crippen LogP contribution in [0, 0.1) is 44.6 Å². The quantitative estimate of drug-likeness (QED) is 0.564. The second-order valence-corrected chi connectivity index (χ2v) is 9.60. The van der Waals surface area contributed by atoms with E-state index in [2.05, 4.69) is 13.8 Å². The third-order valence-electron chi connectivity index (χ3n) is 8.64. The summed E-state index contributed by atoms with van der Waals surface area (Å²) < 4.78 is 0. The summed E-state index contributed by atoms with van der Waals surface area (Å²) in [6.07, 6.45) is 9.58. The van der Waals surface area contributed by atoms with Crippen LogP contribution >= 0.6 is 0 Å². The van der Waals surface area contributed by atoms with E-state index in [1.807, 2.05) is 6.08 Å². The van der Waals surface area contributed by atoms with Gasteiger partial charge in [-0.25, -0.2) is 0 Å². The van der Waals surface area contributed by atoms with E-state index in [-0.39, 0.29) is 28.3 Å². The molecular formula is C21H29NO4. The van der Waals surface area contributed by atoms with E-state index < -0.39 is 11.5 Å². The molecule has 4 aliphatic carbocycles. The number of allylic oxidation sites excluding steroid dienone is 1. The number of nitrogens with zero attached hydrogens (tertiary/aromatic N) is 1. The van der Waals surface area contributed by atoms with Gasteiger partial charge in [-0.1, -0.05) is 19.4 Å². The Bertz CT molecular complexity index is 698. The van der Waals surface area contributed by atoms with Crippen molar-refractivity contribution in [3.63, 3.8) is 0 Å². The van der Waals surface area contributed by atoms with Crippen LogP contribution in [0.4, 0.5) is 0 Å².